The Morgan fingerprint density at radius 3 is 2.85 bits per heavy atom. The molecule has 2 rings (SSSR count). The van der Waals surface area contributed by atoms with Gasteiger partial charge in [-0.15, -0.1) is 0 Å². The highest BCUT2D eigenvalue weighted by atomic mass is 16.6. The largest absolute Gasteiger partial charge is 0.406 e. The fourth-order valence-corrected chi connectivity index (χ4v) is 2.83. The van der Waals surface area contributed by atoms with E-state index < -0.39 is 0 Å². The van der Waals surface area contributed by atoms with Crippen LogP contribution in [0.4, 0.5) is 11.6 Å². The number of nitrogens with one attached hydrogen (secondary N) is 1. The van der Waals surface area contributed by atoms with Crippen molar-refractivity contribution in [1.82, 2.24) is 14.9 Å². The molecule has 7 nitrogen and oxygen atoms in total. The molecule has 1 aromatic heterocycles. The van der Waals surface area contributed by atoms with E-state index in [2.05, 4.69) is 22.1 Å². The molecule has 0 saturated carbocycles. The van der Waals surface area contributed by atoms with Gasteiger partial charge in [0.15, 0.2) is 0 Å². The molecule has 1 saturated heterocycles. The van der Waals surface area contributed by atoms with E-state index in [0.717, 1.165) is 45.4 Å². The highest BCUT2D eigenvalue weighted by molar-refractivity contribution is 5.54. The first-order valence-corrected chi connectivity index (χ1v) is 7.24. The minimum Gasteiger partial charge on any atom is -0.358 e. The molecule has 0 bridgehead atoms. The third kappa shape index (κ3) is 3.27. The Kier molecular flexibility index (Phi) is 4.94. The number of anilines is 1. The quantitative estimate of drug-likeness (QED) is 0.632. The Morgan fingerprint density at radius 2 is 2.25 bits per heavy atom. The minimum atomic E-state index is -0.388. The fraction of sp³-hybridized carbons (Fsp3) is 0.769. The fourth-order valence-electron chi connectivity index (χ4n) is 2.83. The number of rotatable bonds is 6. The zero-order chi connectivity index (χ0) is 14.5. The number of aromatic nitrogens is 2. The van der Waals surface area contributed by atoms with Crippen molar-refractivity contribution in [2.24, 2.45) is 13.0 Å². The molecule has 1 aliphatic rings. The summed E-state index contributed by atoms with van der Waals surface area (Å²) < 4.78 is 1.76. The average molecular weight is 281 g/mol. The molecule has 0 aliphatic carbocycles. The molecule has 0 unspecified atom stereocenters. The van der Waals surface area contributed by atoms with E-state index in [9.17, 15) is 10.1 Å². The first-order valence-electron chi connectivity index (χ1n) is 7.24. The summed E-state index contributed by atoms with van der Waals surface area (Å²) in [4.78, 5) is 16.8. The van der Waals surface area contributed by atoms with Gasteiger partial charge in [-0.05, 0) is 48.2 Å². The summed E-state index contributed by atoms with van der Waals surface area (Å²) in [6.07, 6.45) is 4.75. The van der Waals surface area contributed by atoms with E-state index in [4.69, 9.17) is 0 Å². The van der Waals surface area contributed by atoms with Crippen LogP contribution in [0.25, 0.3) is 0 Å². The van der Waals surface area contributed by atoms with Crippen molar-refractivity contribution in [2.45, 2.75) is 26.2 Å². The molecular weight excluding hydrogens is 258 g/mol. The third-order valence-corrected chi connectivity index (χ3v) is 3.79. The van der Waals surface area contributed by atoms with Gasteiger partial charge >= 0.3 is 5.82 Å². The van der Waals surface area contributed by atoms with E-state index >= 15 is 0 Å². The predicted octanol–water partition coefficient (Wildman–Crippen LogP) is 1.54. The Balaban J connectivity index is 2.18. The zero-order valence-electron chi connectivity index (χ0n) is 12.2. The van der Waals surface area contributed by atoms with Crippen molar-refractivity contribution >= 4 is 11.6 Å². The van der Waals surface area contributed by atoms with Gasteiger partial charge in [0.2, 0.25) is 12.1 Å². The first-order chi connectivity index (χ1) is 9.63. The van der Waals surface area contributed by atoms with Crippen LogP contribution < -0.4 is 10.2 Å². The van der Waals surface area contributed by atoms with Crippen molar-refractivity contribution in [2.75, 3.05) is 31.1 Å². The van der Waals surface area contributed by atoms with E-state index in [1.165, 1.54) is 6.33 Å². The summed E-state index contributed by atoms with van der Waals surface area (Å²) in [7, 11) is 1.82. The lowest BCUT2D eigenvalue weighted by Crippen LogP contribution is -2.37. The molecule has 7 heteroatoms. The molecule has 1 N–H and O–H groups in total. The Labute approximate surface area is 119 Å². The van der Waals surface area contributed by atoms with Crippen molar-refractivity contribution < 1.29 is 4.92 Å². The molecule has 0 aromatic carbocycles. The van der Waals surface area contributed by atoms with Crippen LogP contribution in [0.1, 0.15) is 26.2 Å². The van der Waals surface area contributed by atoms with E-state index in [-0.39, 0.29) is 10.7 Å². The van der Waals surface area contributed by atoms with Crippen LogP contribution in [-0.4, -0.2) is 40.7 Å². The molecule has 2 heterocycles. The van der Waals surface area contributed by atoms with Gasteiger partial charge in [0.25, 0.3) is 0 Å². The maximum absolute atomic E-state index is 11.1. The number of nitrogens with zero attached hydrogens (tertiary/aromatic N) is 4. The highest BCUT2D eigenvalue weighted by Gasteiger charge is 2.27. The molecule has 0 atom stereocenters. The predicted molar refractivity (Wildman–Crippen MR) is 78.0 cm³/mol. The number of hydrogen-bond donors (Lipinski definition) is 1. The van der Waals surface area contributed by atoms with Crippen molar-refractivity contribution in [3.8, 4) is 0 Å². The van der Waals surface area contributed by atoms with Gasteiger partial charge in [-0.2, -0.15) is 0 Å². The summed E-state index contributed by atoms with van der Waals surface area (Å²) in [6.45, 7) is 5.87. The van der Waals surface area contributed by atoms with Gasteiger partial charge in [0, 0.05) is 20.1 Å². The van der Waals surface area contributed by atoms with Crippen LogP contribution in [0.3, 0.4) is 0 Å². The zero-order valence-corrected chi connectivity index (χ0v) is 12.2. The summed E-state index contributed by atoms with van der Waals surface area (Å²) in [5.41, 5.74) is 0. The van der Waals surface area contributed by atoms with Crippen molar-refractivity contribution in [3.63, 3.8) is 0 Å². The molecular formula is C13H23N5O2. The second-order valence-corrected chi connectivity index (χ2v) is 5.40. The van der Waals surface area contributed by atoms with Gasteiger partial charge in [-0.1, -0.05) is 6.92 Å². The number of nitro groups is 1. The number of aryl methyl sites for hydroxylation is 1. The van der Waals surface area contributed by atoms with E-state index in [0.29, 0.717) is 11.7 Å². The summed E-state index contributed by atoms with van der Waals surface area (Å²) in [6, 6.07) is 0. The lowest BCUT2D eigenvalue weighted by Gasteiger charge is -2.30. The molecule has 112 valence electrons. The second-order valence-electron chi connectivity index (χ2n) is 5.40. The highest BCUT2D eigenvalue weighted by Crippen LogP contribution is 2.28. The Bertz CT molecular complexity index is 454. The first kappa shape index (κ1) is 14.8. The second kappa shape index (κ2) is 6.69. The molecule has 20 heavy (non-hydrogen) atoms. The van der Waals surface area contributed by atoms with Crippen LogP contribution in [0.15, 0.2) is 6.33 Å². The maximum Gasteiger partial charge on any atom is 0.406 e. The van der Waals surface area contributed by atoms with Gasteiger partial charge in [-0.3, -0.25) is 4.57 Å². The lowest BCUT2D eigenvalue weighted by molar-refractivity contribution is -0.388. The SMILES string of the molecule is CCCN(CC1CCNCC1)c1c([N+](=O)[O-])ncn1C. The topological polar surface area (TPSA) is 76.2 Å². The maximum atomic E-state index is 11.1. The number of piperidine rings is 1. The van der Waals surface area contributed by atoms with Crippen LogP contribution in [0.2, 0.25) is 0 Å². The van der Waals surface area contributed by atoms with E-state index in [1.807, 2.05) is 7.05 Å². The molecule has 1 fully saturated rings. The van der Waals surface area contributed by atoms with Crippen molar-refractivity contribution in [3.05, 3.63) is 16.4 Å². The molecule has 0 radical (unpaired) electrons. The van der Waals surface area contributed by atoms with Gasteiger partial charge in [-0.25, -0.2) is 0 Å². The monoisotopic (exact) mass is 281 g/mol. The Hall–Kier alpha value is -1.63. The van der Waals surface area contributed by atoms with Gasteiger partial charge in [0.1, 0.15) is 0 Å². The standard InChI is InChI=1S/C13H23N5O2/c1-3-8-17(9-11-4-6-14-7-5-11)13-12(18(19)20)15-10-16(13)2/h10-11,14H,3-9H2,1-2H3. The smallest absolute Gasteiger partial charge is 0.358 e. The van der Waals surface area contributed by atoms with Crippen molar-refractivity contribution in [1.29, 1.82) is 0 Å². The third-order valence-electron chi connectivity index (χ3n) is 3.79. The molecule has 1 aromatic rings. The van der Waals surface area contributed by atoms with Crippen LogP contribution in [-0.2, 0) is 7.05 Å². The van der Waals surface area contributed by atoms with Gasteiger partial charge < -0.3 is 20.3 Å². The average Bonchev–Trinajstić information content (AvgIpc) is 2.81. The molecule has 1 aliphatic heterocycles. The summed E-state index contributed by atoms with van der Waals surface area (Å²) in [5, 5.41) is 14.5. The normalized spacial score (nSPS) is 16.3. The summed E-state index contributed by atoms with van der Waals surface area (Å²) in [5.74, 6) is 1.20. The summed E-state index contributed by atoms with van der Waals surface area (Å²) >= 11 is 0. The van der Waals surface area contributed by atoms with Crippen LogP contribution >= 0.6 is 0 Å². The van der Waals surface area contributed by atoms with Crippen LogP contribution in [0, 0.1) is 16.0 Å². The number of imidazole rings is 1. The van der Waals surface area contributed by atoms with Gasteiger partial charge in [0.05, 0.1) is 0 Å². The van der Waals surface area contributed by atoms with E-state index in [1.54, 1.807) is 4.57 Å². The molecule has 0 amide bonds. The Morgan fingerprint density at radius 1 is 1.55 bits per heavy atom. The lowest BCUT2D eigenvalue weighted by atomic mass is 9.97. The minimum absolute atomic E-state index is 0.0325. The molecule has 0 spiro atoms. The van der Waals surface area contributed by atoms with Crippen LogP contribution in [0.5, 0.6) is 0 Å². The number of hydrogen-bond acceptors (Lipinski definition) is 5.